The van der Waals surface area contributed by atoms with Gasteiger partial charge in [0.15, 0.2) is 0 Å². The second-order valence-electron chi connectivity index (χ2n) is 5.84. The van der Waals surface area contributed by atoms with Crippen molar-refractivity contribution in [1.29, 1.82) is 0 Å². The zero-order valence-electron chi connectivity index (χ0n) is 14.6. The van der Waals surface area contributed by atoms with Crippen LogP contribution in [0.2, 0.25) is 0 Å². The average molecular weight is 370 g/mol. The van der Waals surface area contributed by atoms with Crippen LogP contribution in [0.4, 0.5) is 4.79 Å². The number of imide groups is 1. The van der Waals surface area contributed by atoms with Gasteiger partial charge in [-0.2, -0.15) is 0 Å². The van der Waals surface area contributed by atoms with Crippen molar-refractivity contribution in [1.82, 2.24) is 9.47 Å². The van der Waals surface area contributed by atoms with Crippen molar-refractivity contribution in [2.45, 2.75) is 19.9 Å². The summed E-state index contributed by atoms with van der Waals surface area (Å²) in [6.07, 6.45) is 3.57. The lowest BCUT2D eigenvalue weighted by atomic mass is 10.2. The molecule has 0 spiro atoms. The molecule has 2 amide bonds. The average Bonchev–Trinajstić information content (AvgIpc) is 3.19. The molecule has 2 heterocycles. The van der Waals surface area contributed by atoms with Gasteiger partial charge in [-0.25, -0.2) is 4.79 Å². The van der Waals surface area contributed by atoms with Gasteiger partial charge in [-0.15, -0.1) is 0 Å². The van der Waals surface area contributed by atoms with E-state index in [1.165, 1.54) is 14.0 Å². The van der Waals surface area contributed by atoms with E-state index in [2.05, 4.69) is 4.74 Å². The fraction of sp³-hybridized carbons (Fsp3) is 0.211. The maximum Gasteiger partial charge on any atom is 0.328 e. The summed E-state index contributed by atoms with van der Waals surface area (Å²) in [4.78, 5) is 37.7. The Morgan fingerprint density at radius 3 is 2.62 bits per heavy atom. The molecular formula is C19H18N2O4S. The molecule has 6 nitrogen and oxygen atoms in total. The van der Waals surface area contributed by atoms with Gasteiger partial charge in [-0.3, -0.25) is 14.5 Å². The number of aromatic nitrogens is 1. The normalized spacial score (nSPS) is 17.0. The SMILES string of the molecule is COC(=O)[C@@H](C)N1C(=O)S/C(=C/c2cccn2-c2ccccc2C)C1=O. The number of rotatable bonds is 4. The van der Waals surface area contributed by atoms with Gasteiger partial charge in [-0.1, -0.05) is 18.2 Å². The highest BCUT2D eigenvalue weighted by atomic mass is 32.2. The van der Waals surface area contributed by atoms with E-state index >= 15 is 0 Å². The molecule has 1 aliphatic heterocycles. The van der Waals surface area contributed by atoms with Crippen LogP contribution >= 0.6 is 11.8 Å². The van der Waals surface area contributed by atoms with Gasteiger partial charge in [0.25, 0.3) is 11.1 Å². The molecule has 26 heavy (non-hydrogen) atoms. The summed E-state index contributed by atoms with van der Waals surface area (Å²) >= 11 is 0.822. The van der Waals surface area contributed by atoms with E-state index in [-0.39, 0.29) is 4.91 Å². The van der Waals surface area contributed by atoms with Gasteiger partial charge in [0.1, 0.15) is 6.04 Å². The fourth-order valence-corrected chi connectivity index (χ4v) is 3.68. The van der Waals surface area contributed by atoms with Crippen LogP contribution in [0.1, 0.15) is 18.2 Å². The summed E-state index contributed by atoms with van der Waals surface area (Å²) in [5, 5.41) is -0.479. The quantitative estimate of drug-likeness (QED) is 0.610. The zero-order valence-corrected chi connectivity index (χ0v) is 15.4. The number of hydrogen-bond acceptors (Lipinski definition) is 5. The van der Waals surface area contributed by atoms with Crippen LogP contribution in [0.25, 0.3) is 11.8 Å². The Morgan fingerprint density at radius 1 is 1.19 bits per heavy atom. The number of esters is 1. The molecule has 1 fully saturated rings. The van der Waals surface area contributed by atoms with Crippen molar-refractivity contribution >= 4 is 35.0 Å². The molecular weight excluding hydrogens is 352 g/mol. The van der Waals surface area contributed by atoms with Crippen molar-refractivity contribution in [3.8, 4) is 5.69 Å². The number of nitrogens with zero attached hydrogens (tertiary/aromatic N) is 2. The number of thioether (sulfide) groups is 1. The standard InChI is InChI=1S/C19H18N2O4S/c1-12-7-4-5-9-15(12)20-10-6-8-14(20)11-16-17(22)21(19(24)26-16)13(2)18(23)25-3/h4-11,13H,1-3H3/b16-11+/t13-/m1/s1. The summed E-state index contributed by atoms with van der Waals surface area (Å²) < 4.78 is 6.59. The Labute approximate surface area is 155 Å². The van der Waals surface area contributed by atoms with E-state index in [4.69, 9.17) is 0 Å². The Bertz CT molecular complexity index is 916. The molecule has 1 aromatic heterocycles. The van der Waals surface area contributed by atoms with Gasteiger partial charge in [0, 0.05) is 17.6 Å². The van der Waals surface area contributed by atoms with E-state index in [9.17, 15) is 14.4 Å². The summed E-state index contributed by atoms with van der Waals surface area (Å²) in [6.45, 7) is 3.48. The first-order valence-electron chi connectivity index (χ1n) is 8.02. The molecule has 0 N–H and O–H groups in total. The highest BCUT2D eigenvalue weighted by molar-refractivity contribution is 8.18. The summed E-state index contributed by atoms with van der Waals surface area (Å²) in [6, 6.07) is 10.7. The predicted molar refractivity (Wildman–Crippen MR) is 99.8 cm³/mol. The van der Waals surface area contributed by atoms with E-state index in [0.717, 1.165) is 33.6 Å². The molecule has 1 aliphatic rings. The van der Waals surface area contributed by atoms with Crippen LogP contribution in [0.3, 0.4) is 0 Å². The lowest BCUT2D eigenvalue weighted by molar-refractivity contribution is -0.148. The van der Waals surface area contributed by atoms with Gasteiger partial charge < -0.3 is 9.30 Å². The van der Waals surface area contributed by atoms with E-state index in [0.29, 0.717) is 0 Å². The molecule has 0 bridgehead atoms. The van der Waals surface area contributed by atoms with Crippen molar-refractivity contribution in [2.24, 2.45) is 0 Å². The Hall–Kier alpha value is -2.80. The molecule has 3 rings (SSSR count). The van der Waals surface area contributed by atoms with Crippen LogP contribution < -0.4 is 0 Å². The monoisotopic (exact) mass is 370 g/mol. The van der Waals surface area contributed by atoms with Crippen LogP contribution in [0.5, 0.6) is 0 Å². The van der Waals surface area contributed by atoms with Crippen molar-refractivity contribution in [3.05, 3.63) is 58.8 Å². The summed E-state index contributed by atoms with van der Waals surface area (Å²) in [7, 11) is 1.23. The molecule has 134 valence electrons. The van der Waals surface area contributed by atoms with Crippen LogP contribution in [-0.4, -0.2) is 39.7 Å². The first kappa shape index (κ1) is 18.0. The molecule has 0 saturated carbocycles. The third kappa shape index (κ3) is 3.17. The Morgan fingerprint density at radius 2 is 1.92 bits per heavy atom. The molecule has 0 radical (unpaired) electrons. The van der Waals surface area contributed by atoms with Crippen LogP contribution in [0, 0.1) is 6.92 Å². The minimum Gasteiger partial charge on any atom is -0.467 e. The minimum absolute atomic E-state index is 0.277. The highest BCUT2D eigenvalue weighted by Gasteiger charge is 2.41. The van der Waals surface area contributed by atoms with E-state index < -0.39 is 23.2 Å². The Kier molecular flexibility index (Phi) is 4.99. The molecule has 1 aromatic carbocycles. The topological polar surface area (TPSA) is 68.6 Å². The number of hydrogen-bond donors (Lipinski definition) is 0. The smallest absolute Gasteiger partial charge is 0.328 e. The molecule has 2 aromatic rings. The van der Waals surface area contributed by atoms with E-state index in [1.54, 1.807) is 6.08 Å². The number of methoxy groups -OCH3 is 1. The largest absolute Gasteiger partial charge is 0.467 e. The van der Waals surface area contributed by atoms with E-state index in [1.807, 2.05) is 54.1 Å². The maximum atomic E-state index is 12.6. The van der Waals surface area contributed by atoms with Crippen molar-refractivity contribution < 1.29 is 19.1 Å². The fourth-order valence-electron chi connectivity index (χ4n) is 2.79. The number of carbonyl (C=O) groups is 3. The maximum absolute atomic E-state index is 12.6. The molecule has 1 saturated heterocycles. The van der Waals surface area contributed by atoms with Gasteiger partial charge in [0.05, 0.1) is 12.0 Å². The van der Waals surface area contributed by atoms with Crippen molar-refractivity contribution in [2.75, 3.05) is 7.11 Å². The second-order valence-corrected chi connectivity index (χ2v) is 6.83. The van der Waals surface area contributed by atoms with Gasteiger partial charge in [0.2, 0.25) is 0 Å². The summed E-state index contributed by atoms with van der Waals surface area (Å²) in [5.74, 6) is -1.12. The number of ether oxygens (including phenoxy) is 1. The number of carbonyl (C=O) groups excluding carboxylic acids is 3. The third-order valence-electron chi connectivity index (χ3n) is 4.19. The second kappa shape index (κ2) is 7.21. The zero-order chi connectivity index (χ0) is 18.8. The summed E-state index contributed by atoms with van der Waals surface area (Å²) in [5.41, 5.74) is 2.85. The first-order chi connectivity index (χ1) is 12.4. The van der Waals surface area contributed by atoms with Crippen LogP contribution in [-0.2, 0) is 14.3 Å². The molecule has 0 unspecified atom stereocenters. The van der Waals surface area contributed by atoms with Gasteiger partial charge >= 0.3 is 5.97 Å². The highest BCUT2D eigenvalue weighted by Crippen LogP contribution is 2.34. The number of para-hydroxylation sites is 1. The van der Waals surface area contributed by atoms with Crippen LogP contribution in [0.15, 0.2) is 47.5 Å². The number of aryl methyl sites for hydroxylation is 1. The molecule has 1 atom stereocenters. The number of amides is 2. The first-order valence-corrected chi connectivity index (χ1v) is 8.84. The number of benzene rings is 1. The lowest BCUT2D eigenvalue weighted by Crippen LogP contribution is -2.42. The third-order valence-corrected chi connectivity index (χ3v) is 5.07. The predicted octanol–water partition coefficient (Wildman–Crippen LogP) is 3.38. The molecule has 7 heteroatoms. The molecule has 0 aliphatic carbocycles. The Balaban J connectivity index is 1.95. The van der Waals surface area contributed by atoms with Gasteiger partial charge in [-0.05, 0) is 55.4 Å². The lowest BCUT2D eigenvalue weighted by Gasteiger charge is -2.18. The van der Waals surface area contributed by atoms with Crippen molar-refractivity contribution in [3.63, 3.8) is 0 Å². The minimum atomic E-state index is -0.957.